The lowest BCUT2D eigenvalue weighted by molar-refractivity contribution is 0.0948. The number of methoxy groups -OCH3 is 1. The van der Waals surface area contributed by atoms with Gasteiger partial charge in [0.15, 0.2) is 0 Å². The van der Waals surface area contributed by atoms with Crippen LogP contribution in [0.15, 0.2) is 65.3 Å². The van der Waals surface area contributed by atoms with Crippen molar-refractivity contribution in [3.63, 3.8) is 0 Å². The van der Waals surface area contributed by atoms with Gasteiger partial charge in [0, 0.05) is 11.1 Å². The summed E-state index contributed by atoms with van der Waals surface area (Å²) in [6, 6.07) is 16.7. The van der Waals surface area contributed by atoms with E-state index in [0.717, 1.165) is 11.3 Å². The van der Waals surface area contributed by atoms with E-state index in [1.54, 1.807) is 37.6 Å². The molecule has 0 atom stereocenters. The van der Waals surface area contributed by atoms with E-state index >= 15 is 0 Å². The van der Waals surface area contributed by atoms with E-state index < -0.39 is 0 Å². The maximum Gasteiger partial charge on any atom is 0.251 e. The second kappa shape index (κ2) is 8.25. The van der Waals surface area contributed by atoms with Gasteiger partial charge in [-0.2, -0.15) is 0 Å². The number of nitrogens with one attached hydrogen (secondary N) is 1. The van der Waals surface area contributed by atoms with Gasteiger partial charge in [-0.3, -0.25) is 4.79 Å². The summed E-state index contributed by atoms with van der Waals surface area (Å²) in [6.45, 7) is 2.68. The van der Waals surface area contributed by atoms with Gasteiger partial charge < -0.3 is 19.2 Å². The van der Waals surface area contributed by atoms with E-state index in [1.807, 2.05) is 37.3 Å². The molecule has 0 aliphatic carbocycles. The normalized spacial score (nSPS) is 10.4. The monoisotopic (exact) mass is 351 g/mol. The summed E-state index contributed by atoms with van der Waals surface area (Å²) in [5.41, 5.74) is 2.52. The summed E-state index contributed by atoms with van der Waals surface area (Å²) in [6.07, 6.45) is 1.58. The van der Waals surface area contributed by atoms with Crippen molar-refractivity contribution in [2.75, 3.05) is 7.11 Å². The summed E-state index contributed by atoms with van der Waals surface area (Å²) in [4.78, 5) is 12.4. The Morgan fingerprint density at radius 3 is 2.62 bits per heavy atom. The molecular weight excluding hydrogens is 330 g/mol. The Morgan fingerprint density at radius 2 is 1.92 bits per heavy atom. The lowest BCUT2D eigenvalue weighted by atomic mass is 10.1. The zero-order valence-corrected chi connectivity index (χ0v) is 14.8. The van der Waals surface area contributed by atoms with Gasteiger partial charge in [-0.15, -0.1) is 0 Å². The first-order chi connectivity index (χ1) is 12.7. The van der Waals surface area contributed by atoms with Crippen LogP contribution >= 0.6 is 0 Å². The number of carbonyl (C=O) groups excluding carboxylic acids is 1. The Balaban J connectivity index is 1.68. The number of ether oxygens (including phenoxy) is 2. The van der Waals surface area contributed by atoms with Crippen molar-refractivity contribution in [2.24, 2.45) is 0 Å². The summed E-state index contributed by atoms with van der Waals surface area (Å²) in [5, 5.41) is 2.83. The minimum Gasteiger partial charge on any atom is -0.496 e. The fourth-order valence-electron chi connectivity index (χ4n) is 2.51. The van der Waals surface area contributed by atoms with Gasteiger partial charge in [-0.05, 0) is 49.4 Å². The van der Waals surface area contributed by atoms with Crippen LogP contribution in [0.3, 0.4) is 0 Å². The Morgan fingerprint density at radius 1 is 1.12 bits per heavy atom. The second-order valence-corrected chi connectivity index (χ2v) is 5.89. The number of rotatable bonds is 7. The Kier molecular flexibility index (Phi) is 5.59. The minimum atomic E-state index is -0.180. The quantitative estimate of drug-likeness (QED) is 0.696. The molecule has 5 nitrogen and oxygen atoms in total. The van der Waals surface area contributed by atoms with E-state index in [4.69, 9.17) is 13.9 Å². The topological polar surface area (TPSA) is 60.7 Å². The van der Waals surface area contributed by atoms with Gasteiger partial charge in [-0.1, -0.05) is 17.7 Å². The van der Waals surface area contributed by atoms with Gasteiger partial charge in [0.05, 0.1) is 19.9 Å². The molecule has 0 saturated heterocycles. The van der Waals surface area contributed by atoms with Crippen LogP contribution in [0.4, 0.5) is 0 Å². The van der Waals surface area contributed by atoms with Gasteiger partial charge in [0.25, 0.3) is 5.91 Å². The number of carbonyl (C=O) groups is 1. The minimum absolute atomic E-state index is 0.180. The molecule has 0 aliphatic rings. The molecule has 0 spiro atoms. The Hall–Kier alpha value is -3.21. The molecule has 0 aliphatic heterocycles. The number of furan rings is 1. The van der Waals surface area contributed by atoms with Crippen LogP contribution in [0.1, 0.15) is 27.2 Å². The highest BCUT2D eigenvalue weighted by Crippen LogP contribution is 2.22. The van der Waals surface area contributed by atoms with Crippen molar-refractivity contribution in [1.29, 1.82) is 0 Å². The summed E-state index contributed by atoms with van der Waals surface area (Å²) >= 11 is 0. The van der Waals surface area contributed by atoms with Crippen molar-refractivity contribution in [2.45, 2.75) is 20.1 Å². The number of amides is 1. The van der Waals surface area contributed by atoms with Crippen molar-refractivity contribution in [3.05, 3.63) is 83.3 Å². The Labute approximate surface area is 152 Å². The van der Waals surface area contributed by atoms with E-state index in [9.17, 15) is 4.79 Å². The van der Waals surface area contributed by atoms with Crippen LogP contribution in [0, 0.1) is 6.92 Å². The molecule has 0 saturated carbocycles. The highest BCUT2D eigenvalue weighted by atomic mass is 16.5. The van der Waals surface area contributed by atoms with Gasteiger partial charge in [0.2, 0.25) is 0 Å². The maximum absolute atomic E-state index is 12.4. The lowest BCUT2D eigenvalue weighted by Crippen LogP contribution is -2.22. The van der Waals surface area contributed by atoms with E-state index in [0.29, 0.717) is 30.2 Å². The zero-order chi connectivity index (χ0) is 18.4. The SMILES string of the molecule is COc1ccc(C(=O)NCc2ccco2)cc1COc1ccc(C)cc1. The molecule has 5 heteroatoms. The predicted molar refractivity (Wildman–Crippen MR) is 98.4 cm³/mol. The van der Waals surface area contributed by atoms with Gasteiger partial charge in [0.1, 0.15) is 23.9 Å². The molecule has 3 rings (SSSR count). The first kappa shape index (κ1) is 17.6. The van der Waals surface area contributed by atoms with E-state index in [-0.39, 0.29) is 5.91 Å². The summed E-state index contributed by atoms with van der Waals surface area (Å²) in [5.74, 6) is 1.97. The first-order valence-electron chi connectivity index (χ1n) is 8.32. The highest BCUT2D eigenvalue weighted by molar-refractivity contribution is 5.94. The average molecular weight is 351 g/mol. The fourth-order valence-corrected chi connectivity index (χ4v) is 2.51. The molecule has 0 bridgehead atoms. The molecule has 0 fully saturated rings. The van der Waals surface area contributed by atoms with Crippen molar-refractivity contribution in [1.82, 2.24) is 5.32 Å². The maximum atomic E-state index is 12.4. The molecule has 1 amide bonds. The standard InChI is InChI=1S/C21H21NO4/c1-15-5-8-18(9-6-15)26-14-17-12-16(7-10-20(17)24-2)21(23)22-13-19-4-3-11-25-19/h3-12H,13-14H2,1-2H3,(H,22,23). The average Bonchev–Trinajstić information content (AvgIpc) is 3.19. The molecule has 0 unspecified atom stereocenters. The van der Waals surface area contributed by atoms with Gasteiger partial charge >= 0.3 is 0 Å². The van der Waals surface area contributed by atoms with Crippen LogP contribution in [0.2, 0.25) is 0 Å². The van der Waals surface area contributed by atoms with Crippen LogP contribution in [-0.4, -0.2) is 13.0 Å². The largest absolute Gasteiger partial charge is 0.496 e. The number of hydrogen-bond donors (Lipinski definition) is 1. The second-order valence-electron chi connectivity index (χ2n) is 5.89. The van der Waals surface area contributed by atoms with Crippen molar-refractivity contribution in [3.8, 4) is 11.5 Å². The van der Waals surface area contributed by atoms with Crippen LogP contribution in [0.25, 0.3) is 0 Å². The fraction of sp³-hybridized carbons (Fsp3) is 0.190. The van der Waals surface area contributed by atoms with Crippen molar-refractivity contribution >= 4 is 5.91 Å². The zero-order valence-electron chi connectivity index (χ0n) is 14.8. The lowest BCUT2D eigenvalue weighted by Gasteiger charge is -2.12. The molecule has 26 heavy (non-hydrogen) atoms. The summed E-state index contributed by atoms with van der Waals surface area (Å²) in [7, 11) is 1.60. The molecule has 1 N–H and O–H groups in total. The molecule has 2 aromatic carbocycles. The number of benzene rings is 2. The third kappa shape index (κ3) is 4.45. The van der Waals surface area contributed by atoms with Gasteiger partial charge in [-0.25, -0.2) is 0 Å². The molecule has 134 valence electrons. The predicted octanol–water partition coefficient (Wildman–Crippen LogP) is 4.11. The molecule has 1 heterocycles. The van der Waals surface area contributed by atoms with Crippen molar-refractivity contribution < 1.29 is 18.7 Å². The molecule has 3 aromatic rings. The van der Waals surface area contributed by atoms with Crippen LogP contribution in [-0.2, 0) is 13.2 Å². The number of aryl methyl sites for hydroxylation is 1. The molecule has 1 aromatic heterocycles. The first-order valence-corrected chi connectivity index (χ1v) is 8.32. The van der Waals surface area contributed by atoms with Crippen LogP contribution in [0.5, 0.6) is 11.5 Å². The third-order valence-electron chi connectivity index (χ3n) is 3.96. The summed E-state index contributed by atoms with van der Waals surface area (Å²) < 4.78 is 16.4. The van der Waals surface area contributed by atoms with E-state index in [2.05, 4.69) is 5.32 Å². The Bertz CT molecular complexity index is 854. The molecule has 0 radical (unpaired) electrons. The smallest absolute Gasteiger partial charge is 0.251 e. The third-order valence-corrected chi connectivity index (χ3v) is 3.96. The van der Waals surface area contributed by atoms with E-state index in [1.165, 1.54) is 5.56 Å². The number of hydrogen-bond acceptors (Lipinski definition) is 4. The van der Waals surface area contributed by atoms with Crippen LogP contribution < -0.4 is 14.8 Å². The highest BCUT2D eigenvalue weighted by Gasteiger charge is 2.11. The molecular formula is C21H21NO4.